The zero-order valence-corrected chi connectivity index (χ0v) is 20.9. The number of phenols is 4. The standard InChI is InChI=1S/C30H26O10/c31-15-5-1-13(2-6-15)28-20(35)11-18-21(38-28)12-23-25(27(18)36)26-24-19(34)9-17(33)10-22(24)39-30(40-23,29(26)37)14-3-7-16(32)8-4-14/h1-10,12,18,20,26-29,31-37H,11H2/t18-,20+,26+,27-,28-,29-,30+/m1/s1. The van der Waals surface area contributed by atoms with Gasteiger partial charge in [-0.2, -0.15) is 0 Å². The number of hydrogen-bond donors (Lipinski definition) is 7. The van der Waals surface area contributed by atoms with Crippen LogP contribution in [0.5, 0.6) is 28.7 Å². The first kappa shape index (κ1) is 24.6. The van der Waals surface area contributed by atoms with E-state index in [2.05, 4.69) is 0 Å². The molecule has 10 nitrogen and oxygen atoms in total. The van der Waals surface area contributed by atoms with E-state index in [0.717, 1.165) is 6.07 Å². The maximum absolute atomic E-state index is 11.8. The van der Waals surface area contributed by atoms with Gasteiger partial charge in [0.1, 0.15) is 52.5 Å². The molecule has 0 saturated carbocycles. The highest BCUT2D eigenvalue weighted by atomic mass is 16.7. The molecule has 7 rings (SSSR count). The fourth-order valence-corrected chi connectivity index (χ4v) is 6.34. The lowest BCUT2D eigenvalue weighted by Crippen LogP contribution is -2.57. The second-order valence-electron chi connectivity index (χ2n) is 10.6. The minimum atomic E-state index is -1.86. The molecule has 0 aromatic heterocycles. The van der Waals surface area contributed by atoms with Gasteiger partial charge < -0.3 is 50.0 Å². The summed E-state index contributed by atoms with van der Waals surface area (Å²) in [5.74, 6) is -3.50. The Kier molecular flexibility index (Phi) is 5.27. The molecule has 1 saturated heterocycles. The number of hydrogen-bond acceptors (Lipinski definition) is 10. The van der Waals surface area contributed by atoms with Gasteiger partial charge in [-0.25, -0.2) is 0 Å². The lowest BCUT2D eigenvalue weighted by Gasteiger charge is -2.53. The molecular weight excluding hydrogens is 520 g/mol. The van der Waals surface area contributed by atoms with E-state index in [4.69, 9.17) is 14.2 Å². The van der Waals surface area contributed by atoms with Gasteiger partial charge in [0.05, 0.1) is 18.1 Å². The van der Waals surface area contributed by atoms with Crippen molar-refractivity contribution in [3.8, 4) is 28.7 Å². The highest BCUT2D eigenvalue weighted by Gasteiger charge is 2.61. The molecule has 7 N–H and O–H groups in total. The Morgan fingerprint density at radius 2 is 1.45 bits per heavy atom. The lowest BCUT2D eigenvalue weighted by atomic mass is 9.69. The first-order chi connectivity index (χ1) is 19.2. The van der Waals surface area contributed by atoms with Gasteiger partial charge in [0, 0.05) is 40.8 Å². The monoisotopic (exact) mass is 546 g/mol. The van der Waals surface area contributed by atoms with Crippen LogP contribution in [0.25, 0.3) is 0 Å². The van der Waals surface area contributed by atoms with Crippen molar-refractivity contribution in [3.05, 3.63) is 101 Å². The number of rotatable bonds is 2. The van der Waals surface area contributed by atoms with Gasteiger partial charge in [0.15, 0.2) is 0 Å². The van der Waals surface area contributed by atoms with Crippen LogP contribution < -0.4 is 4.74 Å². The van der Waals surface area contributed by atoms with Gasteiger partial charge >= 0.3 is 5.79 Å². The minimum Gasteiger partial charge on any atom is -0.508 e. The van der Waals surface area contributed by atoms with Crippen LogP contribution in [0.3, 0.4) is 0 Å². The van der Waals surface area contributed by atoms with E-state index in [1.54, 1.807) is 18.2 Å². The van der Waals surface area contributed by atoms with Crippen molar-refractivity contribution >= 4 is 0 Å². The third-order valence-electron chi connectivity index (χ3n) is 8.20. The van der Waals surface area contributed by atoms with Crippen LogP contribution in [-0.4, -0.2) is 54.1 Å². The summed E-state index contributed by atoms with van der Waals surface area (Å²) >= 11 is 0. The van der Waals surface area contributed by atoms with E-state index in [0.29, 0.717) is 16.9 Å². The first-order valence-corrected chi connectivity index (χ1v) is 12.8. The Balaban J connectivity index is 1.39. The number of ether oxygens (including phenoxy) is 3. The number of aromatic hydroxyl groups is 4. The van der Waals surface area contributed by atoms with Crippen molar-refractivity contribution in [1.29, 1.82) is 0 Å². The molecule has 1 fully saturated rings. The molecule has 4 aliphatic rings. The molecule has 40 heavy (non-hydrogen) atoms. The summed E-state index contributed by atoms with van der Waals surface area (Å²) in [6, 6.07) is 14.6. The summed E-state index contributed by atoms with van der Waals surface area (Å²) in [5, 5.41) is 75.0. The van der Waals surface area contributed by atoms with Crippen LogP contribution in [0, 0.1) is 5.92 Å². The van der Waals surface area contributed by atoms with Gasteiger partial charge in [0.25, 0.3) is 0 Å². The van der Waals surface area contributed by atoms with Crippen molar-refractivity contribution in [1.82, 2.24) is 0 Å². The Morgan fingerprint density at radius 1 is 0.775 bits per heavy atom. The topological polar surface area (TPSA) is 169 Å². The van der Waals surface area contributed by atoms with Crippen molar-refractivity contribution in [3.63, 3.8) is 0 Å². The fraction of sp³-hybridized carbons (Fsp3) is 0.267. The number of phenolic OH excluding ortho intramolecular Hbond substituents is 4. The van der Waals surface area contributed by atoms with Crippen LogP contribution >= 0.6 is 0 Å². The normalized spacial score (nSPS) is 31.9. The third-order valence-corrected chi connectivity index (χ3v) is 8.20. The third kappa shape index (κ3) is 3.46. The molecule has 3 aliphatic heterocycles. The summed E-state index contributed by atoms with van der Waals surface area (Å²) in [6.07, 6.45) is -2.73. The van der Waals surface area contributed by atoms with Crippen LogP contribution in [0.2, 0.25) is 0 Å². The molecule has 3 aromatic carbocycles. The van der Waals surface area contributed by atoms with E-state index in [9.17, 15) is 35.7 Å². The van der Waals surface area contributed by atoms with Crippen LogP contribution in [0.15, 0.2) is 83.8 Å². The highest BCUT2D eigenvalue weighted by molar-refractivity contribution is 5.60. The molecule has 3 heterocycles. The Bertz CT molecular complexity index is 1560. The quantitative estimate of drug-likeness (QED) is 0.254. The van der Waals surface area contributed by atoms with Crippen molar-refractivity contribution in [2.45, 2.75) is 42.5 Å². The number of aliphatic hydroxyl groups excluding tert-OH is 3. The van der Waals surface area contributed by atoms with Gasteiger partial charge in [-0.05, 0) is 48.4 Å². The van der Waals surface area contributed by atoms with Crippen LogP contribution in [-0.2, 0) is 15.3 Å². The van der Waals surface area contributed by atoms with Crippen molar-refractivity contribution in [2.24, 2.45) is 5.92 Å². The van der Waals surface area contributed by atoms with Gasteiger partial charge in [-0.3, -0.25) is 0 Å². The van der Waals surface area contributed by atoms with E-state index < -0.39 is 42.0 Å². The largest absolute Gasteiger partial charge is 0.508 e. The Hall–Kier alpha value is -4.38. The van der Waals surface area contributed by atoms with Crippen molar-refractivity contribution < 1.29 is 50.0 Å². The molecule has 0 radical (unpaired) electrons. The number of aliphatic hydroxyl groups is 3. The first-order valence-electron chi connectivity index (χ1n) is 12.8. The summed E-state index contributed by atoms with van der Waals surface area (Å²) in [5.41, 5.74) is 1.43. The molecule has 2 bridgehead atoms. The summed E-state index contributed by atoms with van der Waals surface area (Å²) in [6.45, 7) is 0. The zero-order chi connectivity index (χ0) is 27.9. The van der Waals surface area contributed by atoms with E-state index in [1.165, 1.54) is 42.5 Å². The smallest absolute Gasteiger partial charge is 0.305 e. The van der Waals surface area contributed by atoms with Gasteiger partial charge in [0.2, 0.25) is 0 Å². The maximum Gasteiger partial charge on any atom is 0.305 e. The molecule has 0 amide bonds. The highest BCUT2D eigenvalue weighted by Crippen LogP contribution is 2.60. The second kappa shape index (κ2) is 8.56. The van der Waals surface area contributed by atoms with Crippen LogP contribution in [0.4, 0.5) is 0 Å². The van der Waals surface area contributed by atoms with Gasteiger partial charge in [-0.15, -0.1) is 0 Å². The summed E-state index contributed by atoms with van der Waals surface area (Å²) in [7, 11) is 0. The zero-order valence-electron chi connectivity index (χ0n) is 20.9. The van der Waals surface area contributed by atoms with E-state index in [1.807, 2.05) is 0 Å². The Morgan fingerprint density at radius 3 is 2.15 bits per heavy atom. The predicted octanol–water partition coefficient (Wildman–Crippen LogP) is 2.88. The SMILES string of the molecule is Oc1ccc([C@H]2OC3=CC4=C([C@@H]5c6c(O)cc(O)cc6O[C@@](c6ccc(O)cc6)(O4)[C@@H]5O)[C@H](O)[C@@H]3C[C@@H]2O)cc1. The summed E-state index contributed by atoms with van der Waals surface area (Å²) < 4.78 is 18.8. The summed E-state index contributed by atoms with van der Waals surface area (Å²) in [4.78, 5) is 0. The average molecular weight is 547 g/mol. The second-order valence-corrected chi connectivity index (χ2v) is 10.6. The number of fused-ring (bicyclic) bond motifs is 6. The molecule has 7 atom stereocenters. The van der Waals surface area contributed by atoms with E-state index in [-0.39, 0.29) is 52.1 Å². The lowest BCUT2D eigenvalue weighted by molar-refractivity contribution is -0.251. The van der Waals surface area contributed by atoms with Crippen molar-refractivity contribution in [2.75, 3.05) is 0 Å². The predicted molar refractivity (Wildman–Crippen MR) is 137 cm³/mol. The van der Waals surface area contributed by atoms with Gasteiger partial charge in [-0.1, -0.05) is 12.1 Å². The molecular formula is C30H26O10. The number of benzene rings is 3. The molecule has 0 spiro atoms. The van der Waals surface area contributed by atoms with Crippen LogP contribution in [0.1, 0.15) is 35.1 Å². The molecule has 3 aromatic rings. The minimum absolute atomic E-state index is 0.0131. The molecule has 1 aliphatic carbocycles. The molecule has 206 valence electrons. The Labute approximate surface area is 227 Å². The van der Waals surface area contributed by atoms with E-state index >= 15 is 0 Å². The fourth-order valence-electron chi connectivity index (χ4n) is 6.34. The number of allylic oxidation sites excluding steroid dienone is 1. The average Bonchev–Trinajstić information content (AvgIpc) is 2.90. The molecule has 0 unspecified atom stereocenters. The maximum atomic E-state index is 11.8. The molecule has 10 heteroatoms.